The van der Waals surface area contributed by atoms with Crippen molar-refractivity contribution in [2.45, 2.75) is 6.42 Å². The number of benzene rings is 3. The summed E-state index contributed by atoms with van der Waals surface area (Å²) in [7, 11) is 1.87. The van der Waals surface area contributed by atoms with Crippen LogP contribution >= 0.6 is 0 Å². The Balaban J connectivity index is 1.27. The number of fused-ring (bicyclic) bond motifs is 1. The molecule has 0 aliphatic carbocycles. The molecule has 0 aliphatic rings. The standard InChI is InChI=1S/C27H23N5O2/c1-32-17-21(28-18-32)15-27(33)29-20-8-5-9-22(14-20)34-23-11-12-24-25(30-31-26(24)16-23)13-10-19-6-3-2-4-7-19/h2-14,16-18H,15H2,1H3,(H,29,33)(H,30,31)/b13-10+. The number of aryl methyl sites for hydroxylation is 1. The average molecular weight is 450 g/mol. The third-order valence-electron chi connectivity index (χ3n) is 5.25. The summed E-state index contributed by atoms with van der Waals surface area (Å²) in [6, 6.07) is 23.2. The predicted molar refractivity (Wildman–Crippen MR) is 134 cm³/mol. The normalized spacial score (nSPS) is 11.2. The van der Waals surface area contributed by atoms with Gasteiger partial charge in [-0.3, -0.25) is 9.89 Å². The van der Waals surface area contributed by atoms with Crippen LogP contribution in [0.3, 0.4) is 0 Å². The minimum atomic E-state index is -0.134. The third-order valence-corrected chi connectivity index (χ3v) is 5.25. The Morgan fingerprint density at radius 2 is 1.88 bits per heavy atom. The number of carbonyl (C=O) groups is 1. The molecule has 168 valence electrons. The lowest BCUT2D eigenvalue weighted by atomic mass is 10.1. The zero-order chi connectivity index (χ0) is 23.3. The fourth-order valence-corrected chi connectivity index (χ4v) is 3.65. The van der Waals surface area contributed by atoms with E-state index in [9.17, 15) is 4.79 Å². The summed E-state index contributed by atoms with van der Waals surface area (Å²) in [5, 5.41) is 11.4. The fraction of sp³-hybridized carbons (Fsp3) is 0.0741. The Morgan fingerprint density at radius 1 is 1.03 bits per heavy atom. The number of ether oxygens (including phenoxy) is 1. The molecule has 0 saturated heterocycles. The van der Waals surface area contributed by atoms with E-state index < -0.39 is 0 Å². The van der Waals surface area contributed by atoms with Crippen LogP contribution in [0.5, 0.6) is 11.5 Å². The van der Waals surface area contributed by atoms with Gasteiger partial charge in [0.1, 0.15) is 11.5 Å². The molecule has 0 bridgehead atoms. The van der Waals surface area contributed by atoms with Crippen LogP contribution in [-0.4, -0.2) is 25.7 Å². The summed E-state index contributed by atoms with van der Waals surface area (Å²) in [6.07, 6.45) is 7.74. The molecule has 2 heterocycles. The van der Waals surface area contributed by atoms with Crippen LogP contribution in [0.4, 0.5) is 5.69 Å². The number of nitrogens with one attached hydrogen (secondary N) is 2. The van der Waals surface area contributed by atoms with E-state index >= 15 is 0 Å². The molecule has 0 fully saturated rings. The number of aromatic amines is 1. The van der Waals surface area contributed by atoms with Crippen molar-refractivity contribution in [2.24, 2.45) is 7.05 Å². The van der Waals surface area contributed by atoms with E-state index in [-0.39, 0.29) is 12.3 Å². The number of nitrogens with zero attached hydrogens (tertiary/aromatic N) is 3. The fourth-order valence-electron chi connectivity index (χ4n) is 3.65. The van der Waals surface area contributed by atoms with Gasteiger partial charge in [0.25, 0.3) is 0 Å². The van der Waals surface area contributed by atoms with E-state index in [2.05, 4.69) is 20.5 Å². The molecular formula is C27H23N5O2. The molecule has 5 aromatic rings. The van der Waals surface area contributed by atoms with Crippen LogP contribution in [-0.2, 0) is 18.3 Å². The number of hydrogen-bond donors (Lipinski definition) is 2. The molecule has 7 nitrogen and oxygen atoms in total. The van der Waals surface area contributed by atoms with Gasteiger partial charge >= 0.3 is 0 Å². The van der Waals surface area contributed by atoms with Gasteiger partial charge in [-0.2, -0.15) is 5.10 Å². The van der Waals surface area contributed by atoms with E-state index in [1.807, 2.05) is 96.7 Å². The number of imidazole rings is 1. The first kappa shape index (κ1) is 21.2. The lowest BCUT2D eigenvalue weighted by Gasteiger charge is -2.09. The second kappa shape index (κ2) is 9.46. The predicted octanol–water partition coefficient (Wildman–Crippen LogP) is 5.44. The van der Waals surface area contributed by atoms with Crippen LogP contribution < -0.4 is 10.1 Å². The highest BCUT2D eigenvalue weighted by molar-refractivity contribution is 5.92. The largest absolute Gasteiger partial charge is 0.457 e. The van der Waals surface area contributed by atoms with Gasteiger partial charge in [0, 0.05) is 36.5 Å². The van der Waals surface area contributed by atoms with E-state index in [1.54, 1.807) is 12.4 Å². The van der Waals surface area contributed by atoms with Crippen molar-refractivity contribution < 1.29 is 9.53 Å². The van der Waals surface area contributed by atoms with Crippen molar-refractivity contribution in [3.05, 3.63) is 102 Å². The quantitative estimate of drug-likeness (QED) is 0.346. The maximum absolute atomic E-state index is 12.3. The number of carbonyl (C=O) groups excluding carboxylic acids is 1. The lowest BCUT2D eigenvalue weighted by molar-refractivity contribution is -0.115. The van der Waals surface area contributed by atoms with Crippen LogP contribution in [0.1, 0.15) is 17.0 Å². The summed E-state index contributed by atoms with van der Waals surface area (Å²) < 4.78 is 7.85. The highest BCUT2D eigenvalue weighted by Gasteiger charge is 2.09. The van der Waals surface area contributed by atoms with Crippen LogP contribution in [0, 0.1) is 0 Å². The molecule has 34 heavy (non-hydrogen) atoms. The summed E-state index contributed by atoms with van der Waals surface area (Å²) >= 11 is 0. The Kier molecular flexibility index (Phi) is 5.90. The highest BCUT2D eigenvalue weighted by Crippen LogP contribution is 2.28. The second-order valence-corrected chi connectivity index (χ2v) is 7.95. The zero-order valence-corrected chi connectivity index (χ0v) is 18.6. The van der Waals surface area contributed by atoms with Crippen molar-refractivity contribution in [1.29, 1.82) is 0 Å². The first-order chi connectivity index (χ1) is 16.6. The molecule has 0 unspecified atom stereocenters. The number of anilines is 1. The van der Waals surface area contributed by atoms with Gasteiger partial charge in [-0.15, -0.1) is 0 Å². The number of hydrogen-bond acceptors (Lipinski definition) is 4. The Labute approximate surface area is 196 Å². The smallest absolute Gasteiger partial charge is 0.230 e. The van der Waals surface area contributed by atoms with Crippen LogP contribution in [0.2, 0.25) is 0 Å². The maximum Gasteiger partial charge on any atom is 0.230 e. The first-order valence-corrected chi connectivity index (χ1v) is 10.9. The van der Waals surface area contributed by atoms with Gasteiger partial charge in [-0.25, -0.2) is 4.98 Å². The molecule has 2 N–H and O–H groups in total. The van der Waals surface area contributed by atoms with Crippen molar-refractivity contribution in [3.63, 3.8) is 0 Å². The monoisotopic (exact) mass is 449 g/mol. The molecule has 0 radical (unpaired) electrons. The second-order valence-electron chi connectivity index (χ2n) is 7.95. The van der Waals surface area contributed by atoms with Crippen molar-refractivity contribution in [2.75, 3.05) is 5.32 Å². The third kappa shape index (κ3) is 5.05. The van der Waals surface area contributed by atoms with E-state index in [0.717, 1.165) is 27.9 Å². The van der Waals surface area contributed by atoms with E-state index in [1.165, 1.54) is 0 Å². The van der Waals surface area contributed by atoms with Gasteiger partial charge in [0.15, 0.2) is 0 Å². The molecule has 7 heteroatoms. The molecule has 0 spiro atoms. The SMILES string of the molecule is Cn1cnc(CC(=O)Nc2cccc(Oc3ccc4c(/C=C/c5ccccc5)n[nH]c4c3)c2)c1. The summed E-state index contributed by atoms with van der Waals surface area (Å²) in [5.74, 6) is 1.16. The number of rotatable bonds is 7. The van der Waals surface area contributed by atoms with E-state index in [0.29, 0.717) is 17.2 Å². The van der Waals surface area contributed by atoms with E-state index in [4.69, 9.17) is 4.74 Å². The molecule has 1 amide bonds. The van der Waals surface area contributed by atoms with Crippen LogP contribution in [0.25, 0.3) is 23.1 Å². The van der Waals surface area contributed by atoms with Crippen molar-refractivity contribution in [1.82, 2.24) is 19.7 Å². The van der Waals surface area contributed by atoms with Gasteiger partial charge in [0.05, 0.1) is 29.7 Å². The van der Waals surface area contributed by atoms with Gasteiger partial charge in [-0.1, -0.05) is 42.5 Å². The van der Waals surface area contributed by atoms with Gasteiger partial charge in [-0.05, 0) is 35.9 Å². The minimum absolute atomic E-state index is 0.134. The van der Waals surface area contributed by atoms with Crippen LogP contribution in [0.15, 0.2) is 85.3 Å². The zero-order valence-electron chi connectivity index (χ0n) is 18.6. The number of aromatic nitrogens is 4. The van der Waals surface area contributed by atoms with Crippen molar-refractivity contribution >= 4 is 34.6 Å². The van der Waals surface area contributed by atoms with Crippen molar-refractivity contribution in [3.8, 4) is 11.5 Å². The maximum atomic E-state index is 12.3. The lowest BCUT2D eigenvalue weighted by Crippen LogP contribution is -2.14. The average Bonchev–Trinajstić information content (AvgIpc) is 3.43. The molecular weight excluding hydrogens is 426 g/mol. The Morgan fingerprint density at radius 3 is 2.71 bits per heavy atom. The summed E-state index contributed by atoms with van der Waals surface area (Å²) in [5.41, 5.74) is 4.24. The molecule has 3 aromatic carbocycles. The summed E-state index contributed by atoms with van der Waals surface area (Å²) in [6.45, 7) is 0. The summed E-state index contributed by atoms with van der Waals surface area (Å²) in [4.78, 5) is 16.5. The minimum Gasteiger partial charge on any atom is -0.457 e. The number of H-pyrrole nitrogens is 1. The first-order valence-electron chi connectivity index (χ1n) is 10.9. The Bertz CT molecular complexity index is 1470. The Hall–Kier alpha value is -4.65. The number of amides is 1. The molecule has 2 aromatic heterocycles. The molecule has 5 rings (SSSR count). The molecule has 0 saturated carbocycles. The van der Waals surface area contributed by atoms with Gasteiger partial charge in [0.2, 0.25) is 5.91 Å². The molecule has 0 atom stereocenters. The highest BCUT2D eigenvalue weighted by atomic mass is 16.5. The topological polar surface area (TPSA) is 84.8 Å². The van der Waals surface area contributed by atoms with Gasteiger partial charge < -0.3 is 14.6 Å². The molecule has 0 aliphatic heterocycles.